The van der Waals surface area contributed by atoms with Crippen molar-refractivity contribution in [1.82, 2.24) is 4.98 Å². The second-order valence-corrected chi connectivity index (χ2v) is 2.66. The van der Waals surface area contributed by atoms with E-state index in [1.54, 1.807) is 0 Å². The molecule has 1 aromatic heterocycles. The molecule has 0 saturated carbocycles. The number of carboxylic acids is 1. The highest BCUT2D eigenvalue weighted by atomic mass is 19.3. The lowest BCUT2D eigenvalue weighted by Gasteiger charge is -2.09. The third kappa shape index (κ3) is 2.07. The summed E-state index contributed by atoms with van der Waals surface area (Å²) in [5.41, 5.74) is 2.98. The number of aromatic nitrogens is 1. The number of aromatic carboxylic acids is 1. The molecule has 82 valence electrons. The molecule has 0 atom stereocenters. The van der Waals surface area contributed by atoms with Gasteiger partial charge in [0.1, 0.15) is 0 Å². The fraction of sp³-hybridized carbons (Fsp3) is 0.250. The third-order valence-corrected chi connectivity index (χ3v) is 1.80. The highest BCUT2D eigenvalue weighted by molar-refractivity contribution is 5.87. The molecule has 0 saturated heterocycles. The van der Waals surface area contributed by atoms with E-state index in [4.69, 9.17) is 10.8 Å². The largest absolute Gasteiger partial charge is 0.477 e. The van der Waals surface area contributed by atoms with Gasteiger partial charge in [0.15, 0.2) is 11.5 Å². The number of halogens is 3. The summed E-state index contributed by atoms with van der Waals surface area (Å²) in [4.78, 5) is 13.8. The smallest absolute Gasteiger partial charge is 0.354 e. The molecule has 0 aliphatic heterocycles. The molecule has 0 spiro atoms. The Labute approximate surface area is 82.5 Å². The molecule has 0 bridgehead atoms. The number of hydrogen-bond acceptors (Lipinski definition) is 3. The van der Waals surface area contributed by atoms with E-state index in [2.05, 4.69) is 4.98 Å². The molecule has 0 aliphatic carbocycles. The minimum absolute atomic E-state index is 0.449. The van der Waals surface area contributed by atoms with Crippen molar-refractivity contribution in [2.45, 2.75) is 13.0 Å². The van der Waals surface area contributed by atoms with Gasteiger partial charge in [-0.1, -0.05) is 0 Å². The Morgan fingerprint density at radius 3 is 2.60 bits per heavy atom. The van der Waals surface area contributed by atoms with Gasteiger partial charge in [-0.25, -0.2) is 22.9 Å². The average molecular weight is 220 g/mol. The quantitative estimate of drug-likeness (QED) is 0.805. The van der Waals surface area contributed by atoms with E-state index in [0.717, 1.165) is 0 Å². The van der Waals surface area contributed by atoms with Gasteiger partial charge in [0.2, 0.25) is 0 Å². The van der Waals surface area contributed by atoms with Crippen LogP contribution in [-0.2, 0) is 6.54 Å². The number of nitrogens with two attached hydrogens (primary N) is 1. The highest BCUT2D eigenvalue weighted by Gasteiger charge is 2.24. The van der Waals surface area contributed by atoms with Crippen LogP contribution in [0.3, 0.4) is 0 Å². The van der Waals surface area contributed by atoms with Crippen molar-refractivity contribution in [3.05, 3.63) is 28.8 Å². The molecular formula is C8H7F3N2O2. The summed E-state index contributed by atoms with van der Waals surface area (Å²) < 4.78 is 37.7. The molecule has 1 aromatic rings. The first kappa shape index (κ1) is 11.4. The van der Waals surface area contributed by atoms with Crippen LogP contribution >= 0.6 is 0 Å². The maximum Gasteiger partial charge on any atom is 0.354 e. The van der Waals surface area contributed by atoms with E-state index in [-0.39, 0.29) is 0 Å². The number of hydrogen-bond donors (Lipinski definition) is 2. The number of nitrogens with zero attached hydrogens (tertiary/aromatic N) is 1. The van der Waals surface area contributed by atoms with Crippen LogP contribution in [0.25, 0.3) is 0 Å². The second-order valence-electron chi connectivity index (χ2n) is 2.66. The monoisotopic (exact) mass is 220 g/mol. The SMILES string of the molecule is NCc1c(C(=O)O)ncc(F)c1C(F)F. The van der Waals surface area contributed by atoms with Crippen LogP contribution in [0.4, 0.5) is 13.2 Å². The molecule has 15 heavy (non-hydrogen) atoms. The lowest BCUT2D eigenvalue weighted by atomic mass is 10.1. The maximum absolute atomic E-state index is 12.9. The Morgan fingerprint density at radius 2 is 2.20 bits per heavy atom. The van der Waals surface area contributed by atoms with Gasteiger partial charge in [0.25, 0.3) is 6.43 Å². The number of alkyl halides is 2. The number of pyridine rings is 1. The number of rotatable bonds is 3. The molecule has 7 heteroatoms. The van der Waals surface area contributed by atoms with Gasteiger partial charge in [0.05, 0.1) is 11.8 Å². The average Bonchev–Trinajstić information content (AvgIpc) is 2.15. The summed E-state index contributed by atoms with van der Waals surface area (Å²) in [5.74, 6) is -2.77. The molecule has 0 fully saturated rings. The normalized spacial score (nSPS) is 10.7. The molecule has 0 aliphatic rings. The zero-order valence-electron chi connectivity index (χ0n) is 7.38. The maximum atomic E-state index is 12.9. The van der Waals surface area contributed by atoms with Gasteiger partial charge >= 0.3 is 5.97 Å². The van der Waals surface area contributed by atoms with Crippen LogP contribution in [0, 0.1) is 5.82 Å². The van der Waals surface area contributed by atoms with Crippen molar-refractivity contribution < 1.29 is 23.1 Å². The van der Waals surface area contributed by atoms with E-state index < -0.39 is 41.6 Å². The van der Waals surface area contributed by atoms with Gasteiger partial charge < -0.3 is 10.8 Å². The predicted octanol–water partition coefficient (Wildman–Crippen LogP) is 1.32. The lowest BCUT2D eigenvalue weighted by Crippen LogP contribution is -2.14. The Hall–Kier alpha value is -1.63. The molecule has 0 unspecified atom stereocenters. The van der Waals surface area contributed by atoms with Crippen LogP contribution in [0.5, 0.6) is 0 Å². The van der Waals surface area contributed by atoms with Crippen LogP contribution in [-0.4, -0.2) is 16.1 Å². The third-order valence-electron chi connectivity index (χ3n) is 1.80. The molecule has 0 amide bonds. The van der Waals surface area contributed by atoms with Crippen molar-refractivity contribution in [2.75, 3.05) is 0 Å². The van der Waals surface area contributed by atoms with Gasteiger partial charge in [-0.3, -0.25) is 0 Å². The van der Waals surface area contributed by atoms with E-state index >= 15 is 0 Å². The fourth-order valence-corrected chi connectivity index (χ4v) is 1.17. The summed E-state index contributed by atoms with van der Waals surface area (Å²) in [6.07, 6.45) is -2.67. The lowest BCUT2D eigenvalue weighted by molar-refractivity contribution is 0.0688. The zero-order chi connectivity index (χ0) is 11.6. The topological polar surface area (TPSA) is 76.2 Å². The molecule has 0 radical (unpaired) electrons. The summed E-state index contributed by atoms with van der Waals surface area (Å²) in [5, 5.41) is 8.61. The van der Waals surface area contributed by atoms with Crippen molar-refractivity contribution >= 4 is 5.97 Å². The van der Waals surface area contributed by atoms with Crippen molar-refractivity contribution in [3.63, 3.8) is 0 Å². The summed E-state index contributed by atoms with van der Waals surface area (Å²) in [6, 6.07) is 0. The van der Waals surface area contributed by atoms with Gasteiger partial charge in [0, 0.05) is 12.1 Å². The molecule has 3 N–H and O–H groups in total. The van der Waals surface area contributed by atoms with E-state index in [0.29, 0.717) is 6.20 Å². The Bertz CT molecular complexity index is 396. The van der Waals surface area contributed by atoms with Crippen LogP contribution in [0.2, 0.25) is 0 Å². The first-order valence-corrected chi connectivity index (χ1v) is 3.87. The molecular weight excluding hydrogens is 213 g/mol. The van der Waals surface area contributed by atoms with Gasteiger partial charge in [-0.15, -0.1) is 0 Å². The van der Waals surface area contributed by atoms with Crippen LogP contribution in [0.15, 0.2) is 6.20 Å². The van der Waals surface area contributed by atoms with E-state index in [1.807, 2.05) is 0 Å². The number of carboxylic acid groups (broad SMARTS) is 1. The van der Waals surface area contributed by atoms with Crippen molar-refractivity contribution in [1.29, 1.82) is 0 Å². The Morgan fingerprint density at radius 1 is 1.60 bits per heavy atom. The molecule has 0 aromatic carbocycles. The van der Waals surface area contributed by atoms with Crippen LogP contribution in [0.1, 0.15) is 28.0 Å². The Balaban J connectivity index is 3.47. The second kappa shape index (κ2) is 4.26. The zero-order valence-corrected chi connectivity index (χ0v) is 7.38. The summed E-state index contributed by atoms with van der Waals surface area (Å²) >= 11 is 0. The number of carbonyl (C=O) groups is 1. The van der Waals surface area contributed by atoms with Gasteiger partial charge in [-0.05, 0) is 0 Å². The van der Waals surface area contributed by atoms with Gasteiger partial charge in [-0.2, -0.15) is 0 Å². The minimum Gasteiger partial charge on any atom is -0.477 e. The fourth-order valence-electron chi connectivity index (χ4n) is 1.17. The highest BCUT2D eigenvalue weighted by Crippen LogP contribution is 2.26. The first-order chi connectivity index (χ1) is 6.99. The van der Waals surface area contributed by atoms with Crippen LogP contribution < -0.4 is 5.73 Å². The van der Waals surface area contributed by atoms with Crippen molar-refractivity contribution in [2.24, 2.45) is 5.73 Å². The minimum atomic E-state index is -3.12. The standard InChI is InChI=1S/C8H7F3N2O2/c9-4-2-13-6(8(14)15)3(1-12)5(4)7(10)11/h2,7H,1,12H2,(H,14,15). The summed E-state index contributed by atoms with van der Waals surface area (Å²) in [7, 11) is 0. The van der Waals surface area contributed by atoms with E-state index in [9.17, 15) is 18.0 Å². The van der Waals surface area contributed by atoms with E-state index in [1.165, 1.54) is 0 Å². The molecule has 1 heterocycles. The Kier molecular flexibility index (Phi) is 3.25. The summed E-state index contributed by atoms with van der Waals surface area (Å²) in [6.45, 7) is -0.508. The van der Waals surface area contributed by atoms with Crippen molar-refractivity contribution in [3.8, 4) is 0 Å². The predicted molar refractivity (Wildman–Crippen MR) is 44.0 cm³/mol. The molecule has 1 rings (SSSR count). The first-order valence-electron chi connectivity index (χ1n) is 3.87. The molecule has 4 nitrogen and oxygen atoms in total.